The van der Waals surface area contributed by atoms with Crippen LogP contribution in [-0.4, -0.2) is 24.7 Å². The van der Waals surface area contributed by atoms with Crippen molar-refractivity contribution in [2.75, 3.05) is 23.8 Å². The Balaban J connectivity index is 1.71. The van der Waals surface area contributed by atoms with Crippen LogP contribution < -0.4 is 10.2 Å². The third-order valence-electron chi connectivity index (χ3n) is 3.88. The SMILES string of the molecule is CN1CCc2cc(CNc3cccc(C(=O)O)c3)ccc21. The second-order valence-corrected chi connectivity index (χ2v) is 5.37. The number of nitrogens with zero attached hydrogens (tertiary/aromatic N) is 1. The van der Waals surface area contributed by atoms with Gasteiger partial charge in [-0.2, -0.15) is 0 Å². The van der Waals surface area contributed by atoms with Gasteiger partial charge in [-0.1, -0.05) is 18.2 Å². The number of carbonyl (C=O) groups is 1. The van der Waals surface area contributed by atoms with E-state index >= 15 is 0 Å². The van der Waals surface area contributed by atoms with Crippen LogP contribution in [0, 0.1) is 0 Å². The number of likely N-dealkylation sites (N-methyl/N-ethyl adjacent to an activating group) is 1. The monoisotopic (exact) mass is 282 g/mol. The van der Waals surface area contributed by atoms with Crippen molar-refractivity contribution in [3.8, 4) is 0 Å². The van der Waals surface area contributed by atoms with Crippen LogP contribution in [-0.2, 0) is 13.0 Å². The van der Waals surface area contributed by atoms with E-state index in [1.165, 1.54) is 16.8 Å². The van der Waals surface area contributed by atoms with Crippen molar-refractivity contribution in [2.24, 2.45) is 0 Å². The zero-order valence-electron chi connectivity index (χ0n) is 12.0. The van der Waals surface area contributed by atoms with Gasteiger partial charge in [-0.3, -0.25) is 0 Å². The summed E-state index contributed by atoms with van der Waals surface area (Å²) in [6, 6.07) is 13.4. The number of nitrogens with one attached hydrogen (secondary N) is 1. The van der Waals surface area contributed by atoms with Crippen molar-refractivity contribution in [1.29, 1.82) is 0 Å². The summed E-state index contributed by atoms with van der Waals surface area (Å²) in [5.74, 6) is -0.904. The molecule has 3 rings (SSSR count). The molecule has 108 valence electrons. The van der Waals surface area contributed by atoms with Crippen LogP contribution in [0.1, 0.15) is 21.5 Å². The summed E-state index contributed by atoms with van der Waals surface area (Å²) in [5.41, 5.74) is 5.04. The Morgan fingerprint density at radius 3 is 2.95 bits per heavy atom. The second kappa shape index (κ2) is 5.48. The standard InChI is InChI=1S/C17H18N2O2/c1-19-8-7-13-9-12(5-6-16(13)19)11-18-15-4-2-3-14(10-15)17(20)21/h2-6,9-10,18H,7-8,11H2,1H3,(H,20,21). The van der Waals surface area contributed by atoms with E-state index in [1.54, 1.807) is 18.2 Å². The van der Waals surface area contributed by atoms with Gasteiger partial charge in [0.25, 0.3) is 0 Å². The lowest BCUT2D eigenvalue weighted by Gasteiger charge is -2.13. The fraction of sp³-hybridized carbons (Fsp3) is 0.235. The first-order valence-electron chi connectivity index (χ1n) is 7.03. The van der Waals surface area contributed by atoms with Crippen LogP contribution in [0.2, 0.25) is 0 Å². The van der Waals surface area contributed by atoms with Crippen molar-refractivity contribution in [2.45, 2.75) is 13.0 Å². The topological polar surface area (TPSA) is 52.6 Å². The van der Waals surface area contributed by atoms with E-state index < -0.39 is 5.97 Å². The fourth-order valence-corrected chi connectivity index (χ4v) is 2.70. The van der Waals surface area contributed by atoms with E-state index in [4.69, 9.17) is 5.11 Å². The number of fused-ring (bicyclic) bond motifs is 1. The molecule has 0 radical (unpaired) electrons. The van der Waals surface area contributed by atoms with Crippen molar-refractivity contribution in [1.82, 2.24) is 0 Å². The molecule has 1 aliphatic rings. The lowest BCUT2D eigenvalue weighted by molar-refractivity contribution is 0.0697. The van der Waals surface area contributed by atoms with Crippen molar-refractivity contribution in [3.05, 3.63) is 59.2 Å². The Morgan fingerprint density at radius 1 is 1.29 bits per heavy atom. The largest absolute Gasteiger partial charge is 0.478 e. The zero-order chi connectivity index (χ0) is 14.8. The van der Waals surface area contributed by atoms with Gasteiger partial charge < -0.3 is 15.3 Å². The molecule has 0 aliphatic carbocycles. The molecule has 0 spiro atoms. The number of hydrogen-bond donors (Lipinski definition) is 2. The summed E-state index contributed by atoms with van der Waals surface area (Å²) in [6.07, 6.45) is 1.09. The average molecular weight is 282 g/mol. The highest BCUT2D eigenvalue weighted by molar-refractivity contribution is 5.88. The van der Waals surface area contributed by atoms with Gasteiger partial charge in [0.05, 0.1) is 5.56 Å². The van der Waals surface area contributed by atoms with Gasteiger partial charge in [0.15, 0.2) is 0 Å². The Hall–Kier alpha value is -2.49. The van der Waals surface area contributed by atoms with Crippen molar-refractivity contribution >= 4 is 17.3 Å². The quantitative estimate of drug-likeness (QED) is 0.905. The molecule has 2 aromatic rings. The van der Waals surface area contributed by atoms with E-state index in [0.717, 1.165) is 18.7 Å². The maximum atomic E-state index is 11.0. The Bertz CT molecular complexity index is 682. The Labute approximate surface area is 124 Å². The molecule has 0 unspecified atom stereocenters. The van der Waals surface area contributed by atoms with Crippen molar-refractivity contribution in [3.63, 3.8) is 0 Å². The highest BCUT2D eigenvalue weighted by Gasteiger charge is 2.15. The van der Waals surface area contributed by atoms with E-state index in [1.807, 2.05) is 6.07 Å². The molecule has 4 heteroatoms. The molecule has 0 saturated carbocycles. The molecule has 0 bridgehead atoms. The number of carboxylic acids is 1. The normalized spacial score (nSPS) is 13.1. The zero-order valence-corrected chi connectivity index (χ0v) is 12.0. The number of hydrogen-bond acceptors (Lipinski definition) is 3. The lowest BCUT2D eigenvalue weighted by Crippen LogP contribution is -2.12. The number of aromatic carboxylic acids is 1. The molecule has 2 N–H and O–H groups in total. The minimum Gasteiger partial charge on any atom is -0.478 e. The summed E-state index contributed by atoms with van der Waals surface area (Å²) in [5, 5.41) is 12.3. The van der Waals surface area contributed by atoms with Gasteiger partial charge >= 0.3 is 5.97 Å². The molecular formula is C17H18N2O2. The summed E-state index contributed by atoms with van der Waals surface area (Å²) in [4.78, 5) is 13.2. The molecule has 0 saturated heterocycles. The van der Waals surface area contributed by atoms with Gasteiger partial charge in [0, 0.05) is 31.5 Å². The number of carboxylic acid groups (broad SMARTS) is 1. The number of benzene rings is 2. The summed E-state index contributed by atoms with van der Waals surface area (Å²) >= 11 is 0. The summed E-state index contributed by atoms with van der Waals surface area (Å²) < 4.78 is 0. The van der Waals surface area contributed by atoms with Gasteiger partial charge in [0.1, 0.15) is 0 Å². The van der Waals surface area contributed by atoms with Gasteiger partial charge in [-0.15, -0.1) is 0 Å². The van der Waals surface area contributed by atoms with E-state index in [-0.39, 0.29) is 0 Å². The first-order valence-corrected chi connectivity index (χ1v) is 7.03. The van der Waals surface area contributed by atoms with E-state index in [2.05, 4.69) is 35.5 Å². The molecule has 4 nitrogen and oxygen atoms in total. The molecule has 0 atom stereocenters. The van der Waals surface area contributed by atoms with Crippen LogP contribution in [0.15, 0.2) is 42.5 Å². The molecule has 1 heterocycles. The van der Waals surface area contributed by atoms with Gasteiger partial charge in [-0.05, 0) is 41.8 Å². The molecule has 0 aromatic heterocycles. The predicted octanol–water partition coefficient (Wildman–Crippen LogP) is 2.99. The average Bonchev–Trinajstić information content (AvgIpc) is 2.86. The van der Waals surface area contributed by atoms with Gasteiger partial charge in [0.2, 0.25) is 0 Å². The number of rotatable bonds is 4. The maximum absolute atomic E-state index is 11.0. The second-order valence-electron chi connectivity index (χ2n) is 5.37. The Kier molecular flexibility index (Phi) is 3.52. The summed E-state index contributed by atoms with van der Waals surface area (Å²) in [7, 11) is 2.11. The van der Waals surface area contributed by atoms with Crippen LogP contribution in [0.3, 0.4) is 0 Å². The molecule has 21 heavy (non-hydrogen) atoms. The predicted molar refractivity (Wildman–Crippen MR) is 84.1 cm³/mol. The first kappa shape index (κ1) is 13.5. The minimum absolute atomic E-state index is 0.301. The van der Waals surface area contributed by atoms with Crippen LogP contribution in [0.4, 0.5) is 11.4 Å². The maximum Gasteiger partial charge on any atom is 0.335 e. The minimum atomic E-state index is -0.904. The first-order chi connectivity index (χ1) is 10.1. The highest BCUT2D eigenvalue weighted by atomic mass is 16.4. The smallest absolute Gasteiger partial charge is 0.335 e. The molecular weight excluding hydrogens is 264 g/mol. The summed E-state index contributed by atoms with van der Waals surface area (Å²) in [6.45, 7) is 1.77. The highest BCUT2D eigenvalue weighted by Crippen LogP contribution is 2.27. The van der Waals surface area contributed by atoms with Crippen LogP contribution in [0.5, 0.6) is 0 Å². The molecule has 2 aromatic carbocycles. The molecule has 0 amide bonds. The van der Waals surface area contributed by atoms with E-state index in [9.17, 15) is 4.79 Å². The van der Waals surface area contributed by atoms with E-state index in [0.29, 0.717) is 12.1 Å². The third-order valence-corrected chi connectivity index (χ3v) is 3.88. The lowest BCUT2D eigenvalue weighted by atomic mass is 10.1. The van der Waals surface area contributed by atoms with Crippen molar-refractivity contribution < 1.29 is 9.90 Å². The van der Waals surface area contributed by atoms with Gasteiger partial charge in [-0.25, -0.2) is 4.79 Å². The van der Waals surface area contributed by atoms with Crippen LogP contribution in [0.25, 0.3) is 0 Å². The molecule has 0 fully saturated rings. The third kappa shape index (κ3) is 2.84. The molecule has 1 aliphatic heterocycles. The Morgan fingerprint density at radius 2 is 2.14 bits per heavy atom. The number of anilines is 2. The van der Waals surface area contributed by atoms with Crippen LogP contribution >= 0.6 is 0 Å². The fourth-order valence-electron chi connectivity index (χ4n) is 2.70.